The molecule has 0 saturated heterocycles. The molecule has 0 spiro atoms. The number of hydrogen-bond donors (Lipinski definition) is 1. The molecular formula is C19H15ClN4O2. The summed E-state index contributed by atoms with van der Waals surface area (Å²) in [7, 11) is 0. The van der Waals surface area contributed by atoms with Crippen molar-refractivity contribution in [3.63, 3.8) is 0 Å². The van der Waals surface area contributed by atoms with Crippen molar-refractivity contribution in [1.82, 2.24) is 9.97 Å². The molecule has 7 heteroatoms. The molecule has 0 saturated carbocycles. The molecule has 0 atom stereocenters. The Bertz CT molecular complexity index is 1020. The summed E-state index contributed by atoms with van der Waals surface area (Å²) in [6, 6.07) is 11.0. The highest BCUT2D eigenvalue weighted by molar-refractivity contribution is 6.30. The molecular weight excluding hydrogens is 352 g/mol. The SMILES string of the molecule is C=CC(=O)N1CCOc2c1ccc1ncnc(Nc3cccc(Cl)c3)c21. The fourth-order valence-electron chi connectivity index (χ4n) is 2.97. The van der Waals surface area contributed by atoms with Crippen LogP contribution in [-0.2, 0) is 4.79 Å². The van der Waals surface area contributed by atoms with Crippen LogP contribution in [0.15, 0.2) is 55.4 Å². The van der Waals surface area contributed by atoms with Crippen molar-refractivity contribution in [2.45, 2.75) is 0 Å². The first-order valence-corrected chi connectivity index (χ1v) is 8.42. The number of carbonyl (C=O) groups excluding carboxylic acids is 1. The summed E-state index contributed by atoms with van der Waals surface area (Å²) < 4.78 is 5.89. The lowest BCUT2D eigenvalue weighted by Crippen LogP contribution is -2.36. The van der Waals surface area contributed by atoms with Gasteiger partial charge in [0.2, 0.25) is 0 Å². The summed E-state index contributed by atoms with van der Waals surface area (Å²) in [5, 5.41) is 4.59. The zero-order valence-electron chi connectivity index (χ0n) is 13.8. The minimum absolute atomic E-state index is 0.171. The molecule has 130 valence electrons. The third-order valence-corrected chi connectivity index (χ3v) is 4.35. The van der Waals surface area contributed by atoms with Gasteiger partial charge in [0.15, 0.2) is 5.75 Å². The number of anilines is 3. The number of aromatic nitrogens is 2. The molecule has 6 nitrogen and oxygen atoms in total. The molecule has 1 aliphatic rings. The average molecular weight is 367 g/mol. The zero-order chi connectivity index (χ0) is 18.1. The number of ether oxygens (including phenoxy) is 1. The number of nitrogens with one attached hydrogen (secondary N) is 1. The van der Waals surface area contributed by atoms with E-state index in [0.717, 1.165) is 11.2 Å². The van der Waals surface area contributed by atoms with Gasteiger partial charge in [0, 0.05) is 10.7 Å². The Kier molecular flexibility index (Phi) is 4.18. The van der Waals surface area contributed by atoms with E-state index in [-0.39, 0.29) is 5.91 Å². The van der Waals surface area contributed by atoms with E-state index in [1.165, 1.54) is 12.4 Å². The monoisotopic (exact) mass is 366 g/mol. The second-order valence-corrected chi connectivity index (χ2v) is 6.14. The zero-order valence-corrected chi connectivity index (χ0v) is 14.5. The molecule has 0 bridgehead atoms. The van der Waals surface area contributed by atoms with Gasteiger partial charge in [-0.3, -0.25) is 4.79 Å². The van der Waals surface area contributed by atoms with Gasteiger partial charge in [0.25, 0.3) is 5.91 Å². The van der Waals surface area contributed by atoms with Crippen LogP contribution in [0.2, 0.25) is 5.02 Å². The van der Waals surface area contributed by atoms with Gasteiger partial charge in [0.05, 0.1) is 23.1 Å². The molecule has 0 aliphatic carbocycles. The maximum absolute atomic E-state index is 12.2. The number of rotatable bonds is 3. The minimum atomic E-state index is -0.171. The normalized spacial score (nSPS) is 13.0. The fourth-order valence-corrected chi connectivity index (χ4v) is 3.16. The van der Waals surface area contributed by atoms with E-state index in [9.17, 15) is 4.79 Å². The predicted octanol–water partition coefficient (Wildman–Crippen LogP) is 3.94. The van der Waals surface area contributed by atoms with Crippen molar-refractivity contribution in [1.29, 1.82) is 0 Å². The maximum atomic E-state index is 12.2. The van der Waals surface area contributed by atoms with Crippen LogP contribution in [0.1, 0.15) is 0 Å². The Labute approximate surface area is 155 Å². The Morgan fingerprint density at radius 2 is 2.19 bits per heavy atom. The number of halogens is 1. The number of nitrogens with zero attached hydrogens (tertiary/aromatic N) is 3. The molecule has 2 heterocycles. The minimum Gasteiger partial charge on any atom is -0.489 e. The molecule has 1 amide bonds. The largest absolute Gasteiger partial charge is 0.489 e. The van der Waals surface area contributed by atoms with Crippen molar-refractivity contribution < 1.29 is 9.53 Å². The summed E-state index contributed by atoms with van der Waals surface area (Å²) in [5.41, 5.74) is 2.19. The summed E-state index contributed by atoms with van der Waals surface area (Å²) in [6.45, 7) is 4.42. The number of fused-ring (bicyclic) bond motifs is 3. The fraction of sp³-hybridized carbons (Fsp3) is 0.105. The van der Waals surface area contributed by atoms with Gasteiger partial charge in [-0.05, 0) is 36.4 Å². The van der Waals surface area contributed by atoms with Gasteiger partial charge in [-0.15, -0.1) is 0 Å². The molecule has 0 unspecified atom stereocenters. The quantitative estimate of drug-likeness (QED) is 0.711. The van der Waals surface area contributed by atoms with Crippen LogP contribution >= 0.6 is 11.6 Å². The first kappa shape index (κ1) is 16.4. The van der Waals surface area contributed by atoms with Crippen LogP contribution in [-0.4, -0.2) is 29.0 Å². The summed E-state index contributed by atoms with van der Waals surface area (Å²) in [6.07, 6.45) is 2.78. The van der Waals surface area contributed by atoms with Gasteiger partial charge in [-0.25, -0.2) is 9.97 Å². The van der Waals surface area contributed by atoms with Crippen molar-refractivity contribution in [3.05, 3.63) is 60.4 Å². The van der Waals surface area contributed by atoms with E-state index >= 15 is 0 Å². The first-order chi connectivity index (χ1) is 12.7. The van der Waals surface area contributed by atoms with E-state index in [4.69, 9.17) is 16.3 Å². The van der Waals surface area contributed by atoms with E-state index in [1.807, 2.05) is 24.3 Å². The van der Waals surface area contributed by atoms with Gasteiger partial charge in [-0.1, -0.05) is 24.2 Å². The second kappa shape index (κ2) is 6.65. The van der Waals surface area contributed by atoms with Crippen LogP contribution in [0.3, 0.4) is 0 Å². The predicted molar refractivity (Wildman–Crippen MR) is 102 cm³/mol. The highest BCUT2D eigenvalue weighted by Gasteiger charge is 2.25. The molecule has 1 aliphatic heterocycles. The highest BCUT2D eigenvalue weighted by Crippen LogP contribution is 2.41. The van der Waals surface area contributed by atoms with Crippen LogP contribution in [0.25, 0.3) is 10.9 Å². The number of carbonyl (C=O) groups is 1. The number of amides is 1. The van der Waals surface area contributed by atoms with Gasteiger partial charge in [-0.2, -0.15) is 0 Å². The van der Waals surface area contributed by atoms with Crippen molar-refractivity contribution in [2.75, 3.05) is 23.4 Å². The highest BCUT2D eigenvalue weighted by atomic mass is 35.5. The Balaban J connectivity index is 1.87. The van der Waals surface area contributed by atoms with Gasteiger partial charge < -0.3 is 15.0 Å². The van der Waals surface area contributed by atoms with Crippen molar-refractivity contribution >= 4 is 45.6 Å². The second-order valence-electron chi connectivity index (χ2n) is 5.71. The summed E-state index contributed by atoms with van der Waals surface area (Å²) in [5.74, 6) is 0.992. The smallest absolute Gasteiger partial charge is 0.250 e. The molecule has 1 aromatic heterocycles. The average Bonchev–Trinajstić information content (AvgIpc) is 2.66. The Morgan fingerprint density at radius 1 is 1.31 bits per heavy atom. The van der Waals surface area contributed by atoms with E-state index < -0.39 is 0 Å². The first-order valence-electron chi connectivity index (χ1n) is 8.04. The summed E-state index contributed by atoms with van der Waals surface area (Å²) in [4.78, 5) is 22.5. The standard InChI is InChI=1S/C19H15ClN4O2/c1-2-16(25)24-8-9-26-18-15(24)7-6-14-17(18)19(22-11-21-14)23-13-5-3-4-12(20)10-13/h2-7,10-11H,1,8-9H2,(H,21,22,23). The molecule has 2 aromatic carbocycles. The van der Waals surface area contributed by atoms with Gasteiger partial charge >= 0.3 is 0 Å². The lowest BCUT2D eigenvalue weighted by atomic mass is 10.1. The lowest BCUT2D eigenvalue weighted by molar-refractivity contribution is -0.114. The molecule has 0 fully saturated rings. The third kappa shape index (κ3) is 2.84. The number of benzene rings is 2. The van der Waals surface area contributed by atoms with Crippen LogP contribution in [0.5, 0.6) is 5.75 Å². The molecule has 3 aromatic rings. The molecule has 4 rings (SSSR count). The van der Waals surface area contributed by atoms with Crippen LogP contribution in [0.4, 0.5) is 17.2 Å². The molecule has 26 heavy (non-hydrogen) atoms. The lowest BCUT2D eigenvalue weighted by Gasteiger charge is -2.29. The Hall–Kier alpha value is -3.12. The molecule has 1 N–H and O–H groups in total. The van der Waals surface area contributed by atoms with Crippen LogP contribution in [0, 0.1) is 0 Å². The van der Waals surface area contributed by atoms with E-state index in [0.29, 0.717) is 40.8 Å². The summed E-state index contributed by atoms with van der Waals surface area (Å²) >= 11 is 6.06. The maximum Gasteiger partial charge on any atom is 0.250 e. The van der Waals surface area contributed by atoms with Crippen molar-refractivity contribution in [3.8, 4) is 5.75 Å². The molecule has 0 radical (unpaired) electrons. The third-order valence-electron chi connectivity index (χ3n) is 4.12. The topological polar surface area (TPSA) is 67.4 Å². The van der Waals surface area contributed by atoms with E-state index in [1.54, 1.807) is 17.0 Å². The number of hydrogen-bond acceptors (Lipinski definition) is 5. The van der Waals surface area contributed by atoms with Gasteiger partial charge in [0.1, 0.15) is 18.8 Å². The van der Waals surface area contributed by atoms with Crippen LogP contribution < -0.4 is 15.0 Å². The van der Waals surface area contributed by atoms with Crippen molar-refractivity contribution in [2.24, 2.45) is 0 Å². The van der Waals surface area contributed by atoms with E-state index in [2.05, 4.69) is 21.9 Å². The Morgan fingerprint density at radius 3 is 3.00 bits per heavy atom.